The van der Waals surface area contributed by atoms with Gasteiger partial charge in [0.05, 0.1) is 12.5 Å². The molecule has 2 heterocycles. The number of rotatable bonds is 6. The van der Waals surface area contributed by atoms with Crippen LogP contribution in [0.1, 0.15) is 17.3 Å². The molecule has 1 atom stereocenters. The second-order valence-electron chi connectivity index (χ2n) is 6.31. The van der Waals surface area contributed by atoms with E-state index < -0.39 is 23.6 Å². The number of benzene rings is 1. The lowest BCUT2D eigenvalue weighted by Gasteiger charge is -2.16. The molecule has 0 bridgehead atoms. The molecule has 29 heavy (non-hydrogen) atoms. The van der Waals surface area contributed by atoms with Crippen LogP contribution in [-0.4, -0.2) is 26.8 Å². The number of aromatic hydroxyl groups is 1. The van der Waals surface area contributed by atoms with Gasteiger partial charge in [0.2, 0.25) is 0 Å². The Kier molecular flexibility index (Phi) is 5.99. The van der Waals surface area contributed by atoms with Crippen molar-refractivity contribution in [2.75, 3.05) is 5.32 Å². The molecule has 0 aliphatic rings. The Hall–Kier alpha value is -3.59. The zero-order valence-electron chi connectivity index (χ0n) is 15.5. The highest BCUT2D eigenvalue weighted by atomic mass is 32.1. The highest BCUT2D eigenvalue weighted by molar-refractivity contribution is 7.15. The largest absolute Gasteiger partial charge is 0.505 e. The lowest BCUT2D eigenvalue weighted by molar-refractivity contribution is -0.137. The molecule has 150 valence electrons. The molecular weight excluding hydrogens is 394 g/mol. The van der Waals surface area contributed by atoms with Crippen molar-refractivity contribution in [2.45, 2.75) is 12.5 Å². The van der Waals surface area contributed by atoms with E-state index in [9.17, 15) is 24.6 Å². The SMILES string of the molecule is Cn1ccc(O)c(NC(=O)N[C@@H](CC(=O)O)c2ccc(-c3ccccc3)s2)c1=O. The van der Waals surface area contributed by atoms with Gasteiger partial charge in [0.1, 0.15) is 5.75 Å². The molecule has 3 aromatic rings. The summed E-state index contributed by atoms with van der Waals surface area (Å²) < 4.78 is 1.20. The van der Waals surface area contributed by atoms with Crippen LogP contribution in [0.15, 0.2) is 59.5 Å². The van der Waals surface area contributed by atoms with Gasteiger partial charge in [0.15, 0.2) is 5.69 Å². The molecule has 8 nitrogen and oxygen atoms in total. The number of aryl methyl sites for hydroxylation is 1. The van der Waals surface area contributed by atoms with E-state index in [1.54, 1.807) is 6.07 Å². The fraction of sp³-hybridized carbons (Fsp3) is 0.150. The minimum absolute atomic E-state index is 0.280. The second kappa shape index (κ2) is 8.61. The third-order valence-corrected chi connectivity index (χ3v) is 5.45. The number of carbonyl (C=O) groups is 2. The first-order chi connectivity index (χ1) is 13.8. The van der Waals surface area contributed by atoms with Crippen molar-refractivity contribution < 1.29 is 19.8 Å². The summed E-state index contributed by atoms with van der Waals surface area (Å²) in [5.41, 5.74) is 0.120. The van der Waals surface area contributed by atoms with Crippen LogP contribution < -0.4 is 16.2 Å². The number of carboxylic acids is 1. The minimum atomic E-state index is -1.08. The zero-order valence-corrected chi connectivity index (χ0v) is 16.3. The Balaban J connectivity index is 1.81. The summed E-state index contributed by atoms with van der Waals surface area (Å²) in [5.74, 6) is -1.45. The second-order valence-corrected chi connectivity index (χ2v) is 7.42. The maximum absolute atomic E-state index is 12.4. The smallest absolute Gasteiger partial charge is 0.320 e. The topological polar surface area (TPSA) is 121 Å². The predicted octanol–water partition coefficient (Wildman–Crippen LogP) is 3.16. The normalized spacial score (nSPS) is 11.6. The number of aromatic nitrogens is 1. The zero-order chi connectivity index (χ0) is 21.0. The Morgan fingerprint density at radius 2 is 1.86 bits per heavy atom. The first kappa shape index (κ1) is 20.2. The minimum Gasteiger partial charge on any atom is -0.505 e. The first-order valence-electron chi connectivity index (χ1n) is 8.68. The van der Waals surface area contributed by atoms with E-state index in [1.165, 1.54) is 35.2 Å². The summed E-state index contributed by atoms with van der Waals surface area (Å²) in [4.78, 5) is 37.4. The van der Waals surface area contributed by atoms with Crippen LogP contribution in [-0.2, 0) is 11.8 Å². The summed E-state index contributed by atoms with van der Waals surface area (Å²) in [6.07, 6.45) is 1.03. The van der Waals surface area contributed by atoms with E-state index >= 15 is 0 Å². The monoisotopic (exact) mass is 413 g/mol. The summed E-state index contributed by atoms with van der Waals surface area (Å²) in [7, 11) is 1.48. The third kappa shape index (κ3) is 4.82. The fourth-order valence-corrected chi connectivity index (χ4v) is 3.80. The molecule has 1 aromatic carbocycles. The third-order valence-electron chi connectivity index (χ3n) is 4.20. The quantitative estimate of drug-likeness (QED) is 0.495. The Morgan fingerprint density at radius 1 is 1.14 bits per heavy atom. The summed E-state index contributed by atoms with van der Waals surface area (Å²) in [6.45, 7) is 0. The number of amides is 2. The molecule has 9 heteroatoms. The van der Waals surface area contributed by atoms with E-state index in [-0.39, 0.29) is 17.9 Å². The number of nitrogens with zero attached hydrogens (tertiary/aromatic N) is 1. The van der Waals surface area contributed by atoms with Crippen LogP contribution in [0.2, 0.25) is 0 Å². The highest BCUT2D eigenvalue weighted by Gasteiger charge is 2.21. The van der Waals surface area contributed by atoms with E-state index in [4.69, 9.17) is 0 Å². The fourth-order valence-electron chi connectivity index (χ4n) is 2.74. The van der Waals surface area contributed by atoms with Crippen molar-refractivity contribution in [1.82, 2.24) is 9.88 Å². The Labute approximate surface area is 170 Å². The van der Waals surface area contributed by atoms with Crippen molar-refractivity contribution in [3.8, 4) is 16.2 Å². The van der Waals surface area contributed by atoms with E-state index in [2.05, 4.69) is 10.6 Å². The van der Waals surface area contributed by atoms with Crippen LogP contribution in [0.4, 0.5) is 10.5 Å². The molecule has 0 saturated carbocycles. The number of carboxylic acid groups (broad SMARTS) is 1. The van der Waals surface area contributed by atoms with Crippen molar-refractivity contribution in [3.05, 3.63) is 70.0 Å². The average Bonchev–Trinajstić information content (AvgIpc) is 3.18. The number of pyridine rings is 1. The van der Waals surface area contributed by atoms with Gasteiger partial charge in [-0.15, -0.1) is 11.3 Å². The number of aliphatic carboxylic acids is 1. The molecule has 0 aliphatic carbocycles. The van der Waals surface area contributed by atoms with Gasteiger partial charge in [-0.2, -0.15) is 0 Å². The van der Waals surface area contributed by atoms with Crippen LogP contribution in [0, 0.1) is 0 Å². The molecule has 4 N–H and O–H groups in total. The molecule has 2 amide bonds. The summed E-state index contributed by atoms with van der Waals surface area (Å²) >= 11 is 1.37. The van der Waals surface area contributed by atoms with Crippen molar-refractivity contribution in [2.24, 2.45) is 7.05 Å². The molecule has 3 rings (SSSR count). The van der Waals surface area contributed by atoms with E-state index in [0.717, 1.165) is 10.4 Å². The van der Waals surface area contributed by atoms with Crippen LogP contribution in [0.5, 0.6) is 5.75 Å². The van der Waals surface area contributed by atoms with Crippen LogP contribution >= 0.6 is 11.3 Å². The highest BCUT2D eigenvalue weighted by Crippen LogP contribution is 2.32. The van der Waals surface area contributed by atoms with Crippen LogP contribution in [0.3, 0.4) is 0 Å². The van der Waals surface area contributed by atoms with Gasteiger partial charge in [-0.3, -0.25) is 9.59 Å². The summed E-state index contributed by atoms with van der Waals surface area (Å²) in [6, 6.07) is 12.9. The Morgan fingerprint density at radius 3 is 2.55 bits per heavy atom. The maximum atomic E-state index is 12.4. The van der Waals surface area contributed by atoms with E-state index in [1.807, 2.05) is 36.4 Å². The molecule has 0 radical (unpaired) electrons. The molecule has 0 aliphatic heterocycles. The standard InChI is InChI=1S/C20H19N3O5S/c1-23-10-9-14(24)18(19(23)27)22-20(28)21-13(11-17(25)26)16-8-7-15(29-16)12-5-3-2-4-6-12/h2-10,13,24H,11H2,1H3,(H,25,26)(H2,21,22,28)/t13-/m0/s1. The number of nitrogens with one attached hydrogen (secondary N) is 2. The number of thiophene rings is 1. The van der Waals surface area contributed by atoms with Crippen LogP contribution in [0.25, 0.3) is 10.4 Å². The van der Waals surface area contributed by atoms with Crippen molar-refractivity contribution in [1.29, 1.82) is 0 Å². The number of urea groups is 1. The van der Waals surface area contributed by atoms with Crippen molar-refractivity contribution >= 4 is 29.0 Å². The maximum Gasteiger partial charge on any atom is 0.320 e. The average molecular weight is 413 g/mol. The lowest BCUT2D eigenvalue weighted by Crippen LogP contribution is -2.35. The van der Waals surface area contributed by atoms with Crippen molar-refractivity contribution in [3.63, 3.8) is 0 Å². The number of hydrogen-bond donors (Lipinski definition) is 4. The van der Waals surface area contributed by atoms with Gasteiger partial charge in [0, 0.05) is 23.0 Å². The molecule has 0 unspecified atom stereocenters. The molecule has 0 spiro atoms. The van der Waals surface area contributed by atoms with Gasteiger partial charge in [-0.1, -0.05) is 30.3 Å². The van der Waals surface area contributed by atoms with Gasteiger partial charge < -0.3 is 25.4 Å². The number of carbonyl (C=O) groups excluding carboxylic acids is 1. The lowest BCUT2D eigenvalue weighted by atomic mass is 10.1. The molecular formula is C20H19N3O5S. The molecule has 2 aromatic heterocycles. The first-order valence-corrected chi connectivity index (χ1v) is 9.50. The van der Waals surface area contributed by atoms with Gasteiger partial charge >= 0.3 is 12.0 Å². The van der Waals surface area contributed by atoms with E-state index in [0.29, 0.717) is 4.88 Å². The number of hydrogen-bond acceptors (Lipinski definition) is 5. The Bertz CT molecular complexity index is 1090. The van der Waals surface area contributed by atoms with Gasteiger partial charge in [-0.05, 0) is 23.8 Å². The van der Waals surface area contributed by atoms with Gasteiger partial charge in [0.25, 0.3) is 5.56 Å². The number of anilines is 1. The molecule has 0 saturated heterocycles. The predicted molar refractivity (Wildman–Crippen MR) is 110 cm³/mol. The molecule has 0 fully saturated rings. The summed E-state index contributed by atoms with van der Waals surface area (Å²) in [5, 5.41) is 24.0. The van der Waals surface area contributed by atoms with Gasteiger partial charge in [-0.25, -0.2) is 4.79 Å².